The molecule has 0 aliphatic heterocycles. The standard InChI is InChI=1S/C11H7F3/c12-9-5-8(4-3-7-1-2-7)6-10(13)11(9)14/h5-7H,1-2H2. The molecule has 3 heteroatoms. The average molecular weight is 196 g/mol. The molecule has 1 fully saturated rings. The SMILES string of the molecule is Fc1cc(C#CC2CC2)cc(F)c1F. The van der Waals surface area contributed by atoms with Crippen molar-refractivity contribution in [3.63, 3.8) is 0 Å². The van der Waals surface area contributed by atoms with Crippen molar-refractivity contribution in [3.8, 4) is 11.8 Å². The molecule has 0 aromatic heterocycles. The zero-order valence-electron chi connectivity index (χ0n) is 7.28. The smallest absolute Gasteiger partial charge is 0.194 e. The van der Waals surface area contributed by atoms with Gasteiger partial charge in [0.2, 0.25) is 0 Å². The van der Waals surface area contributed by atoms with Crippen LogP contribution in [-0.4, -0.2) is 0 Å². The van der Waals surface area contributed by atoms with Crippen LogP contribution in [0.5, 0.6) is 0 Å². The fraction of sp³-hybridized carbons (Fsp3) is 0.273. The van der Waals surface area contributed by atoms with Crippen molar-refractivity contribution in [2.24, 2.45) is 5.92 Å². The van der Waals surface area contributed by atoms with Gasteiger partial charge in [-0.05, 0) is 25.0 Å². The Bertz CT molecular complexity index is 399. The summed E-state index contributed by atoms with van der Waals surface area (Å²) >= 11 is 0. The Labute approximate surface area is 79.7 Å². The van der Waals surface area contributed by atoms with Crippen LogP contribution in [-0.2, 0) is 0 Å². The van der Waals surface area contributed by atoms with Gasteiger partial charge in [-0.1, -0.05) is 11.8 Å². The Morgan fingerprint density at radius 1 is 1.07 bits per heavy atom. The van der Waals surface area contributed by atoms with Gasteiger partial charge < -0.3 is 0 Å². The number of benzene rings is 1. The molecule has 0 unspecified atom stereocenters. The van der Waals surface area contributed by atoms with Crippen molar-refractivity contribution >= 4 is 0 Å². The molecule has 1 aromatic rings. The minimum atomic E-state index is -1.44. The van der Waals surface area contributed by atoms with Crippen molar-refractivity contribution in [1.29, 1.82) is 0 Å². The van der Waals surface area contributed by atoms with Crippen LogP contribution < -0.4 is 0 Å². The highest BCUT2D eigenvalue weighted by Crippen LogP contribution is 2.27. The summed E-state index contributed by atoms with van der Waals surface area (Å²) in [6, 6.07) is 1.82. The summed E-state index contributed by atoms with van der Waals surface area (Å²) in [5, 5.41) is 0. The zero-order chi connectivity index (χ0) is 10.1. The second-order valence-electron chi connectivity index (χ2n) is 3.30. The molecule has 1 saturated carbocycles. The summed E-state index contributed by atoms with van der Waals surface area (Å²) in [6.07, 6.45) is 2.08. The van der Waals surface area contributed by atoms with Crippen LogP contribution in [0.2, 0.25) is 0 Å². The van der Waals surface area contributed by atoms with Gasteiger partial charge in [-0.3, -0.25) is 0 Å². The molecular formula is C11H7F3. The van der Waals surface area contributed by atoms with Crippen LogP contribution in [0.4, 0.5) is 13.2 Å². The number of hydrogen-bond acceptors (Lipinski definition) is 0. The van der Waals surface area contributed by atoms with Gasteiger partial charge in [-0.2, -0.15) is 0 Å². The molecule has 0 bridgehead atoms. The van der Waals surface area contributed by atoms with E-state index in [0.717, 1.165) is 25.0 Å². The first-order valence-electron chi connectivity index (χ1n) is 4.33. The summed E-state index contributed by atoms with van der Waals surface area (Å²) in [5.74, 6) is 1.99. The second kappa shape index (κ2) is 3.38. The molecule has 72 valence electrons. The Kier molecular flexibility index (Phi) is 2.20. The van der Waals surface area contributed by atoms with Gasteiger partial charge in [0.1, 0.15) is 0 Å². The minimum Gasteiger partial charge on any atom is -0.204 e. The molecule has 14 heavy (non-hydrogen) atoms. The monoisotopic (exact) mass is 196 g/mol. The van der Waals surface area contributed by atoms with Crippen molar-refractivity contribution in [3.05, 3.63) is 35.1 Å². The Hall–Kier alpha value is -1.43. The van der Waals surface area contributed by atoms with Crippen LogP contribution in [0, 0.1) is 35.2 Å². The summed E-state index contributed by atoms with van der Waals surface area (Å²) in [5.41, 5.74) is 0.188. The van der Waals surface area contributed by atoms with Gasteiger partial charge in [-0.25, -0.2) is 13.2 Å². The molecule has 0 spiro atoms. The van der Waals surface area contributed by atoms with E-state index in [1.165, 1.54) is 0 Å². The molecule has 0 saturated heterocycles. The summed E-state index contributed by atoms with van der Waals surface area (Å²) in [4.78, 5) is 0. The molecule has 0 heterocycles. The molecule has 1 aromatic carbocycles. The molecule has 0 nitrogen and oxygen atoms in total. The number of hydrogen-bond donors (Lipinski definition) is 0. The van der Waals surface area contributed by atoms with E-state index in [1.807, 2.05) is 0 Å². The highest BCUT2D eigenvalue weighted by molar-refractivity contribution is 5.36. The quantitative estimate of drug-likeness (QED) is 0.442. The van der Waals surface area contributed by atoms with Crippen LogP contribution in [0.15, 0.2) is 12.1 Å². The van der Waals surface area contributed by atoms with E-state index in [0.29, 0.717) is 5.92 Å². The fourth-order valence-corrected chi connectivity index (χ4v) is 1.04. The predicted molar refractivity (Wildman–Crippen MR) is 45.9 cm³/mol. The Morgan fingerprint density at radius 3 is 2.14 bits per heavy atom. The van der Waals surface area contributed by atoms with E-state index >= 15 is 0 Å². The second-order valence-corrected chi connectivity index (χ2v) is 3.30. The van der Waals surface area contributed by atoms with Crippen molar-refractivity contribution < 1.29 is 13.2 Å². The lowest BCUT2D eigenvalue weighted by molar-refractivity contribution is 0.446. The highest BCUT2D eigenvalue weighted by atomic mass is 19.2. The van der Waals surface area contributed by atoms with E-state index < -0.39 is 17.5 Å². The lowest BCUT2D eigenvalue weighted by Crippen LogP contribution is -1.91. The molecular weight excluding hydrogens is 189 g/mol. The van der Waals surface area contributed by atoms with Gasteiger partial charge >= 0.3 is 0 Å². The molecule has 1 aliphatic carbocycles. The van der Waals surface area contributed by atoms with Crippen LogP contribution in [0.1, 0.15) is 18.4 Å². The molecule has 1 aliphatic rings. The summed E-state index contributed by atoms with van der Waals surface area (Å²) in [6.45, 7) is 0. The summed E-state index contributed by atoms with van der Waals surface area (Å²) in [7, 11) is 0. The predicted octanol–water partition coefficient (Wildman–Crippen LogP) is 2.87. The van der Waals surface area contributed by atoms with Crippen molar-refractivity contribution in [2.75, 3.05) is 0 Å². The third-order valence-corrected chi connectivity index (χ3v) is 1.98. The van der Waals surface area contributed by atoms with Crippen molar-refractivity contribution in [1.82, 2.24) is 0 Å². The molecule has 0 atom stereocenters. The van der Waals surface area contributed by atoms with Gasteiger partial charge in [0.15, 0.2) is 17.5 Å². The van der Waals surface area contributed by atoms with Crippen LogP contribution in [0.3, 0.4) is 0 Å². The lowest BCUT2D eigenvalue weighted by Gasteiger charge is -1.95. The van der Waals surface area contributed by atoms with Crippen LogP contribution in [0.25, 0.3) is 0 Å². The summed E-state index contributed by atoms with van der Waals surface area (Å²) < 4.78 is 37.9. The van der Waals surface area contributed by atoms with E-state index in [9.17, 15) is 13.2 Å². The highest BCUT2D eigenvalue weighted by Gasteiger charge is 2.18. The largest absolute Gasteiger partial charge is 0.204 e. The van der Waals surface area contributed by atoms with Gasteiger partial charge in [0.25, 0.3) is 0 Å². The molecule has 2 rings (SSSR count). The fourth-order valence-electron chi connectivity index (χ4n) is 1.04. The Balaban J connectivity index is 2.31. The number of rotatable bonds is 0. The maximum atomic E-state index is 12.7. The van der Waals surface area contributed by atoms with Gasteiger partial charge in [0, 0.05) is 11.5 Å². The topological polar surface area (TPSA) is 0 Å². The van der Waals surface area contributed by atoms with Crippen molar-refractivity contribution in [2.45, 2.75) is 12.8 Å². The normalized spacial score (nSPS) is 14.8. The van der Waals surface area contributed by atoms with E-state index in [1.54, 1.807) is 0 Å². The van der Waals surface area contributed by atoms with Crippen LogP contribution >= 0.6 is 0 Å². The third kappa shape index (κ3) is 1.90. The average Bonchev–Trinajstić information content (AvgIpc) is 2.94. The zero-order valence-corrected chi connectivity index (χ0v) is 7.28. The first kappa shape index (κ1) is 9.14. The maximum absolute atomic E-state index is 12.7. The molecule has 0 radical (unpaired) electrons. The first-order chi connectivity index (χ1) is 6.66. The maximum Gasteiger partial charge on any atom is 0.194 e. The molecule has 0 amide bonds. The lowest BCUT2D eigenvalue weighted by atomic mass is 10.2. The minimum absolute atomic E-state index is 0.188. The van der Waals surface area contributed by atoms with E-state index in [4.69, 9.17) is 0 Å². The molecule has 0 N–H and O–H groups in total. The van der Waals surface area contributed by atoms with E-state index in [2.05, 4.69) is 11.8 Å². The van der Waals surface area contributed by atoms with Gasteiger partial charge in [0.05, 0.1) is 0 Å². The Morgan fingerprint density at radius 2 is 1.64 bits per heavy atom. The van der Waals surface area contributed by atoms with Gasteiger partial charge in [-0.15, -0.1) is 0 Å². The first-order valence-corrected chi connectivity index (χ1v) is 4.33. The van der Waals surface area contributed by atoms with E-state index in [-0.39, 0.29) is 5.56 Å². The third-order valence-electron chi connectivity index (χ3n) is 1.98. The number of halogens is 3.